The molecule has 7 nitrogen and oxygen atoms in total. The molecule has 0 saturated carbocycles. The molecule has 0 unspecified atom stereocenters. The van der Waals surface area contributed by atoms with Crippen molar-refractivity contribution in [1.29, 1.82) is 0 Å². The van der Waals surface area contributed by atoms with Gasteiger partial charge in [0.05, 0.1) is 12.0 Å². The third kappa shape index (κ3) is 3.75. The van der Waals surface area contributed by atoms with Crippen molar-refractivity contribution in [1.82, 2.24) is 9.47 Å². The lowest BCUT2D eigenvalue weighted by Gasteiger charge is -2.42. The molecule has 5 heterocycles. The molecule has 3 aromatic heterocycles. The van der Waals surface area contributed by atoms with Gasteiger partial charge in [-0.05, 0) is 56.4 Å². The van der Waals surface area contributed by atoms with Crippen LogP contribution in [0.25, 0.3) is 33.1 Å². The van der Waals surface area contributed by atoms with Gasteiger partial charge in [-0.1, -0.05) is 36.4 Å². The molecule has 0 radical (unpaired) electrons. The maximum absolute atomic E-state index is 13.6. The van der Waals surface area contributed by atoms with Crippen molar-refractivity contribution in [2.75, 3.05) is 13.1 Å². The van der Waals surface area contributed by atoms with Crippen molar-refractivity contribution in [3.63, 3.8) is 0 Å². The third-order valence-electron chi connectivity index (χ3n) is 8.86. The van der Waals surface area contributed by atoms with Gasteiger partial charge in [0.1, 0.15) is 16.9 Å². The van der Waals surface area contributed by atoms with E-state index >= 15 is 0 Å². The zero-order valence-electron chi connectivity index (χ0n) is 22.8. The Kier molecular flexibility index (Phi) is 5.59. The Morgan fingerprint density at radius 3 is 2.45 bits per heavy atom. The van der Waals surface area contributed by atoms with Crippen molar-refractivity contribution >= 4 is 27.8 Å². The molecular weight excluding hydrogens is 504 g/mol. The summed E-state index contributed by atoms with van der Waals surface area (Å²) in [5.41, 5.74) is 5.72. The van der Waals surface area contributed by atoms with E-state index in [1.54, 1.807) is 12.1 Å². The highest BCUT2D eigenvalue weighted by atomic mass is 16.4. The Bertz CT molecular complexity index is 1950. The maximum Gasteiger partial charge on any atom is 0.340 e. The fourth-order valence-electron chi connectivity index (χ4n) is 6.91. The van der Waals surface area contributed by atoms with Crippen LogP contribution in [0.1, 0.15) is 40.5 Å². The number of hydrogen-bond acceptors (Lipinski definition) is 5. The Balaban J connectivity index is 1.26. The predicted molar refractivity (Wildman–Crippen MR) is 154 cm³/mol. The molecule has 40 heavy (non-hydrogen) atoms. The van der Waals surface area contributed by atoms with E-state index in [1.165, 1.54) is 0 Å². The van der Waals surface area contributed by atoms with Gasteiger partial charge in [-0.15, -0.1) is 0 Å². The minimum absolute atomic E-state index is 0.0157. The zero-order chi connectivity index (χ0) is 27.7. The number of likely N-dealkylation sites (tertiary alicyclic amines) is 1. The summed E-state index contributed by atoms with van der Waals surface area (Å²) in [6.45, 7) is 7.51. The summed E-state index contributed by atoms with van der Waals surface area (Å²) in [5, 5.41) is 1.77. The molecule has 7 heteroatoms. The number of piperidine rings is 1. The summed E-state index contributed by atoms with van der Waals surface area (Å²) >= 11 is 0. The van der Waals surface area contributed by atoms with Gasteiger partial charge < -0.3 is 18.3 Å². The number of benzene rings is 2. The summed E-state index contributed by atoms with van der Waals surface area (Å²) in [6, 6.07) is 17.5. The first-order valence-electron chi connectivity index (χ1n) is 13.8. The van der Waals surface area contributed by atoms with Crippen molar-refractivity contribution in [2.24, 2.45) is 5.92 Å². The second kappa shape index (κ2) is 9.08. The summed E-state index contributed by atoms with van der Waals surface area (Å²) in [7, 11) is 0. The lowest BCUT2D eigenvalue weighted by atomic mass is 9.83. The number of furan rings is 1. The van der Waals surface area contributed by atoms with Crippen LogP contribution in [0.5, 0.6) is 0 Å². The van der Waals surface area contributed by atoms with Crippen LogP contribution in [0.3, 0.4) is 0 Å². The Hall–Kier alpha value is -4.39. The van der Waals surface area contributed by atoms with Gasteiger partial charge in [-0.25, -0.2) is 4.79 Å². The highest BCUT2D eigenvalue weighted by Gasteiger charge is 2.36. The van der Waals surface area contributed by atoms with Crippen LogP contribution in [-0.2, 0) is 17.8 Å². The standard InChI is InChI=1S/C33H30N2O5/c1-18-24-13-26-30(22-8-5-4-6-9-22)20(3)39-32(26)19(2)31(24)40-33(38)25(18)14-29(37)34-15-21-12-23(17-34)27-10-7-11-28(36)35(27)16-21/h4-11,13,21,23H,12,14-17H2,1-3H3/t21-,23-/m0/s1. The number of nitrogens with zero attached hydrogens (tertiary/aromatic N) is 2. The molecule has 1 saturated heterocycles. The van der Waals surface area contributed by atoms with E-state index in [-0.39, 0.29) is 29.7 Å². The third-order valence-corrected chi connectivity index (χ3v) is 8.86. The molecule has 2 aliphatic heterocycles. The van der Waals surface area contributed by atoms with E-state index in [4.69, 9.17) is 8.83 Å². The van der Waals surface area contributed by atoms with Crippen LogP contribution in [0.2, 0.25) is 0 Å². The topological polar surface area (TPSA) is 85.7 Å². The molecule has 1 fully saturated rings. The zero-order valence-corrected chi connectivity index (χ0v) is 22.8. The fourth-order valence-corrected chi connectivity index (χ4v) is 6.91. The van der Waals surface area contributed by atoms with Gasteiger partial charge in [0, 0.05) is 59.2 Å². The highest BCUT2D eigenvalue weighted by molar-refractivity contribution is 6.06. The van der Waals surface area contributed by atoms with Gasteiger partial charge in [0.2, 0.25) is 5.91 Å². The summed E-state index contributed by atoms with van der Waals surface area (Å²) in [4.78, 5) is 41.1. The fraction of sp³-hybridized carbons (Fsp3) is 0.303. The van der Waals surface area contributed by atoms with E-state index in [2.05, 4.69) is 12.1 Å². The Labute approximate surface area is 230 Å². The summed E-state index contributed by atoms with van der Waals surface area (Å²) < 4.78 is 13.9. The van der Waals surface area contributed by atoms with E-state index in [9.17, 15) is 14.4 Å². The Morgan fingerprint density at radius 2 is 1.65 bits per heavy atom. The number of pyridine rings is 1. The molecule has 2 atom stereocenters. The monoisotopic (exact) mass is 534 g/mol. The van der Waals surface area contributed by atoms with Crippen LogP contribution >= 0.6 is 0 Å². The van der Waals surface area contributed by atoms with Crippen LogP contribution in [0.15, 0.2) is 73.0 Å². The van der Waals surface area contributed by atoms with Gasteiger partial charge >= 0.3 is 5.63 Å². The quantitative estimate of drug-likeness (QED) is 0.286. The lowest BCUT2D eigenvalue weighted by molar-refractivity contribution is -0.133. The molecule has 1 amide bonds. The first kappa shape index (κ1) is 24.6. The van der Waals surface area contributed by atoms with Crippen molar-refractivity contribution in [3.8, 4) is 11.1 Å². The van der Waals surface area contributed by atoms with Crippen molar-refractivity contribution in [2.45, 2.75) is 46.1 Å². The molecule has 0 spiro atoms. The number of fused-ring (bicyclic) bond motifs is 6. The van der Waals surface area contributed by atoms with Gasteiger partial charge in [0.15, 0.2) is 0 Å². The highest BCUT2D eigenvalue weighted by Crippen LogP contribution is 2.40. The van der Waals surface area contributed by atoms with Crippen molar-refractivity contribution in [3.05, 3.63) is 104 Å². The second-order valence-corrected chi connectivity index (χ2v) is 11.3. The minimum Gasteiger partial charge on any atom is -0.460 e. The average Bonchev–Trinajstić information content (AvgIpc) is 3.28. The lowest BCUT2D eigenvalue weighted by Crippen LogP contribution is -2.49. The number of carbonyl (C=O) groups excluding carboxylic acids is 1. The second-order valence-electron chi connectivity index (χ2n) is 11.3. The molecular formula is C33H30N2O5. The number of rotatable bonds is 3. The minimum atomic E-state index is -0.485. The largest absolute Gasteiger partial charge is 0.460 e. The SMILES string of the molecule is Cc1oc2c(C)c3oc(=O)c(CC(=O)N4C[C@@H]5C[C@@H](C4)c4cccc(=O)n4C5)c(C)c3cc2c1-c1ccccc1. The molecule has 2 bridgehead atoms. The van der Waals surface area contributed by atoms with E-state index in [1.807, 2.05) is 60.6 Å². The molecule has 5 aromatic rings. The number of carbonyl (C=O) groups is 1. The molecule has 0 N–H and O–H groups in total. The number of aromatic nitrogens is 1. The molecule has 2 aliphatic rings. The molecule has 2 aromatic carbocycles. The molecule has 202 valence electrons. The number of aryl methyl sites for hydroxylation is 3. The molecule has 7 rings (SSSR count). The van der Waals surface area contributed by atoms with Crippen molar-refractivity contribution < 1.29 is 13.6 Å². The Morgan fingerprint density at radius 1 is 0.875 bits per heavy atom. The normalized spacial score (nSPS) is 18.3. The van der Waals surface area contributed by atoms with E-state index in [0.29, 0.717) is 36.4 Å². The van der Waals surface area contributed by atoms with Gasteiger partial charge in [-0.2, -0.15) is 0 Å². The summed E-state index contributed by atoms with van der Waals surface area (Å²) in [6.07, 6.45) is 0.950. The van der Waals surface area contributed by atoms with Crippen LogP contribution in [0, 0.1) is 26.7 Å². The first-order valence-corrected chi connectivity index (χ1v) is 13.8. The van der Waals surface area contributed by atoms with Crippen LogP contribution in [-0.4, -0.2) is 28.5 Å². The molecule has 0 aliphatic carbocycles. The first-order chi connectivity index (χ1) is 19.3. The predicted octanol–water partition coefficient (Wildman–Crippen LogP) is 5.48. The smallest absolute Gasteiger partial charge is 0.340 e. The van der Waals surface area contributed by atoms with Crippen LogP contribution in [0.4, 0.5) is 0 Å². The van der Waals surface area contributed by atoms with Gasteiger partial charge in [0.25, 0.3) is 5.56 Å². The average molecular weight is 535 g/mol. The maximum atomic E-state index is 13.6. The van der Waals surface area contributed by atoms with E-state index in [0.717, 1.165) is 50.9 Å². The number of hydrogen-bond donors (Lipinski definition) is 0. The van der Waals surface area contributed by atoms with E-state index < -0.39 is 5.63 Å². The summed E-state index contributed by atoms with van der Waals surface area (Å²) in [5.74, 6) is 1.06. The van der Waals surface area contributed by atoms with Gasteiger partial charge in [-0.3, -0.25) is 9.59 Å². The number of amides is 1. The van der Waals surface area contributed by atoms with Crippen LogP contribution < -0.4 is 11.2 Å².